The van der Waals surface area contributed by atoms with Crippen LogP contribution in [0.15, 0.2) is 42.5 Å². The monoisotopic (exact) mass is 340 g/mol. The second-order valence-corrected chi connectivity index (χ2v) is 5.47. The van der Waals surface area contributed by atoms with Crippen molar-refractivity contribution < 1.29 is 14.2 Å². The zero-order chi connectivity index (χ0) is 15.8. The Morgan fingerprint density at radius 1 is 0.818 bits per heavy atom. The van der Waals surface area contributed by atoms with Gasteiger partial charge in [-0.3, -0.25) is 0 Å². The maximum absolute atomic E-state index is 6.03. The highest BCUT2D eigenvalue weighted by molar-refractivity contribution is 6.34. The number of unbranched alkanes of at least 4 members (excludes halogenated alkanes) is 1. The maximum atomic E-state index is 6.03. The maximum Gasteiger partial charge on any atom is 0.161 e. The van der Waals surface area contributed by atoms with Crippen molar-refractivity contribution in [1.82, 2.24) is 0 Å². The van der Waals surface area contributed by atoms with Crippen LogP contribution < -0.4 is 14.2 Å². The topological polar surface area (TPSA) is 27.7 Å². The predicted molar refractivity (Wildman–Crippen MR) is 89.7 cm³/mol. The highest BCUT2D eigenvalue weighted by Gasteiger charge is 2.04. The number of para-hydroxylation sites is 2. The fourth-order valence-electron chi connectivity index (χ4n) is 1.89. The average Bonchev–Trinajstić information content (AvgIpc) is 2.54. The third-order valence-electron chi connectivity index (χ3n) is 3.02. The van der Waals surface area contributed by atoms with E-state index in [-0.39, 0.29) is 0 Å². The summed E-state index contributed by atoms with van der Waals surface area (Å²) in [5.74, 6) is 2.10. The molecule has 0 aliphatic carbocycles. The van der Waals surface area contributed by atoms with E-state index in [0.29, 0.717) is 29.0 Å². The van der Waals surface area contributed by atoms with E-state index >= 15 is 0 Å². The van der Waals surface area contributed by atoms with Gasteiger partial charge in [0.25, 0.3) is 0 Å². The molecule has 0 bridgehead atoms. The van der Waals surface area contributed by atoms with E-state index < -0.39 is 0 Å². The zero-order valence-corrected chi connectivity index (χ0v) is 13.9. The van der Waals surface area contributed by atoms with E-state index in [0.717, 1.165) is 24.3 Å². The summed E-state index contributed by atoms with van der Waals surface area (Å²) in [7, 11) is 1.63. The molecule has 2 rings (SSSR count). The molecule has 0 aromatic heterocycles. The molecule has 0 aliphatic rings. The predicted octanol–water partition coefficient (Wildman–Crippen LogP) is 5.24. The Bertz CT molecular complexity index is 602. The average molecular weight is 341 g/mol. The van der Waals surface area contributed by atoms with Crippen LogP contribution in [0.5, 0.6) is 17.2 Å². The Morgan fingerprint density at radius 3 is 2.14 bits per heavy atom. The van der Waals surface area contributed by atoms with Crippen molar-refractivity contribution in [2.75, 3.05) is 20.3 Å². The molecule has 0 aliphatic heterocycles. The van der Waals surface area contributed by atoms with E-state index in [1.165, 1.54) is 0 Å². The van der Waals surface area contributed by atoms with Crippen molar-refractivity contribution in [3.05, 3.63) is 52.5 Å². The Balaban J connectivity index is 1.68. The first-order valence-electron chi connectivity index (χ1n) is 7.04. The van der Waals surface area contributed by atoms with Gasteiger partial charge in [-0.15, -0.1) is 0 Å². The van der Waals surface area contributed by atoms with Crippen LogP contribution in [-0.4, -0.2) is 20.3 Å². The third-order valence-corrected chi connectivity index (χ3v) is 3.56. The van der Waals surface area contributed by atoms with Gasteiger partial charge in [-0.05, 0) is 37.1 Å². The minimum Gasteiger partial charge on any atom is -0.493 e. The van der Waals surface area contributed by atoms with Gasteiger partial charge in [0.2, 0.25) is 0 Å². The van der Waals surface area contributed by atoms with Crippen LogP contribution in [-0.2, 0) is 0 Å². The second kappa shape index (κ2) is 8.76. The molecular weight excluding hydrogens is 323 g/mol. The molecule has 0 amide bonds. The van der Waals surface area contributed by atoms with E-state index in [2.05, 4.69) is 0 Å². The molecule has 0 N–H and O–H groups in total. The summed E-state index contributed by atoms with van der Waals surface area (Å²) < 4.78 is 16.5. The molecule has 118 valence electrons. The zero-order valence-electron chi connectivity index (χ0n) is 12.4. The Labute approximate surface area is 140 Å². The largest absolute Gasteiger partial charge is 0.493 e. The van der Waals surface area contributed by atoms with Gasteiger partial charge in [0.15, 0.2) is 11.5 Å². The van der Waals surface area contributed by atoms with Crippen molar-refractivity contribution in [1.29, 1.82) is 0 Å². The van der Waals surface area contributed by atoms with Gasteiger partial charge in [-0.25, -0.2) is 0 Å². The fraction of sp³-hybridized carbons (Fsp3) is 0.294. The van der Waals surface area contributed by atoms with E-state index in [1.54, 1.807) is 25.3 Å². The lowest BCUT2D eigenvalue weighted by molar-refractivity contribution is 0.258. The molecule has 0 saturated carbocycles. The molecule has 0 radical (unpaired) electrons. The smallest absolute Gasteiger partial charge is 0.161 e. The van der Waals surface area contributed by atoms with Crippen molar-refractivity contribution >= 4 is 23.2 Å². The molecular formula is C17H18Cl2O3. The standard InChI is InChI=1S/C17H18Cl2O3/c1-20-15-6-2-3-7-16(15)21-10-4-5-11-22-17-12-13(18)8-9-14(17)19/h2-3,6-9,12H,4-5,10-11H2,1H3. The van der Waals surface area contributed by atoms with Crippen molar-refractivity contribution in [2.45, 2.75) is 12.8 Å². The molecule has 0 atom stereocenters. The van der Waals surface area contributed by atoms with Gasteiger partial charge in [0.05, 0.1) is 25.3 Å². The van der Waals surface area contributed by atoms with Crippen LogP contribution in [0.2, 0.25) is 10.0 Å². The number of hydrogen-bond acceptors (Lipinski definition) is 3. The first-order chi connectivity index (χ1) is 10.7. The van der Waals surface area contributed by atoms with Crippen molar-refractivity contribution in [3.8, 4) is 17.2 Å². The van der Waals surface area contributed by atoms with Crippen LogP contribution in [0.4, 0.5) is 0 Å². The van der Waals surface area contributed by atoms with Gasteiger partial charge < -0.3 is 14.2 Å². The van der Waals surface area contributed by atoms with Crippen LogP contribution in [0, 0.1) is 0 Å². The number of methoxy groups -OCH3 is 1. The quantitative estimate of drug-likeness (QED) is 0.615. The van der Waals surface area contributed by atoms with Crippen LogP contribution in [0.1, 0.15) is 12.8 Å². The summed E-state index contributed by atoms with van der Waals surface area (Å²) in [5, 5.41) is 1.17. The van der Waals surface area contributed by atoms with E-state index in [1.807, 2.05) is 24.3 Å². The Hall–Kier alpha value is -1.58. The molecule has 0 fully saturated rings. The Morgan fingerprint density at radius 2 is 1.45 bits per heavy atom. The van der Waals surface area contributed by atoms with E-state index in [4.69, 9.17) is 37.4 Å². The van der Waals surface area contributed by atoms with Crippen LogP contribution in [0.3, 0.4) is 0 Å². The molecule has 0 unspecified atom stereocenters. The van der Waals surface area contributed by atoms with Crippen molar-refractivity contribution in [3.63, 3.8) is 0 Å². The molecule has 0 heterocycles. The third kappa shape index (κ3) is 5.00. The number of hydrogen-bond donors (Lipinski definition) is 0. The molecule has 0 saturated heterocycles. The Kier molecular flexibility index (Phi) is 6.69. The van der Waals surface area contributed by atoms with Gasteiger partial charge in [-0.1, -0.05) is 35.3 Å². The van der Waals surface area contributed by atoms with Crippen LogP contribution >= 0.6 is 23.2 Å². The summed E-state index contributed by atoms with van der Waals surface area (Å²) in [5.41, 5.74) is 0. The SMILES string of the molecule is COc1ccccc1OCCCCOc1cc(Cl)ccc1Cl. The summed E-state index contributed by atoms with van der Waals surface area (Å²) in [6.45, 7) is 1.17. The fourth-order valence-corrected chi connectivity index (χ4v) is 2.23. The highest BCUT2D eigenvalue weighted by Crippen LogP contribution is 2.28. The minimum atomic E-state index is 0.565. The van der Waals surface area contributed by atoms with E-state index in [9.17, 15) is 0 Å². The molecule has 2 aromatic carbocycles. The lowest BCUT2D eigenvalue weighted by Crippen LogP contribution is -2.03. The summed E-state index contributed by atoms with van der Waals surface area (Å²) in [6, 6.07) is 12.8. The lowest BCUT2D eigenvalue weighted by atomic mass is 10.3. The highest BCUT2D eigenvalue weighted by atomic mass is 35.5. The lowest BCUT2D eigenvalue weighted by Gasteiger charge is -2.11. The molecule has 3 nitrogen and oxygen atoms in total. The van der Waals surface area contributed by atoms with Crippen molar-refractivity contribution in [2.24, 2.45) is 0 Å². The second-order valence-electron chi connectivity index (χ2n) is 4.63. The first-order valence-corrected chi connectivity index (χ1v) is 7.80. The minimum absolute atomic E-state index is 0.565. The number of halogens is 2. The summed E-state index contributed by atoms with van der Waals surface area (Å²) in [4.78, 5) is 0. The molecule has 5 heteroatoms. The first kappa shape index (κ1) is 16.8. The summed E-state index contributed by atoms with van der Waals surface area (Å²) >= 11 is 11.9. The summed E-state index contributed by atoms with van der Waals surface area (Å²) in [6.07, 6.45) is 1.73. The molecule has 22 heavy (non-hydrogen) atoms. The molecule has 0 spiro atoms. The van der Waals surface area contributed by atoms with Gasteiger partial charge >= 0.3 is 0 Å². The van der Waals surface area contributed by atoms with Crippen LogP contribution in [0.25, 0.3) is 0 Å². The number of rotatable bonds is 8. The normalized spacial score (nSPS) is 10.3. The number of benzene rings is 2. The van der Waals surface area contributed by atoms with Gasteiger partial charge in [-0.2, -0.15) is 0 Å². The van der Waals surface area contributed by atoms with Gasteiger partial charge in [0.1, 0.15) is 5.75 Å². The van der Waals surface area contributed by atoms with Gasteiger partial charge in [0, 0.05) is 11.1 Å². The molecule has 2 aromatic rings. The number of ether oxygens (including phenoxy) is 3.